The summed E-state index contributed by atoms with van der Waals surface area (Å²) >= 11 is 0. The van der Waals surface area contributed by atoms with Gasteiger partial charge in [0.2, 0.25) is 0 Å². The van der Waals surface area contributed by atoms with Crippen molar-refractivity contribution in [1.82, 2.24) is 0 Å². The number of rotatable bonds is 11. The van der Waals surface area contributed by atoms with Crippen molar-refractivity contribution in [2.45, 2.75) is 64.7 Å². The van der Waals surface area contributed by atoms with Crippen molar-refractivity contribution < 1.29 is 18.3 Å². The van der Waals surface area contributed by atoms with Gasteiger partial charge in [-0.05, 0) is 18.6 Å². The summed E-state index contributed by atoms with van der Waals surface area (Å²) in [5.41, 5.74) is -0.211. The first-order valence-electron chi connectivity index (χ1n) is 8.27. The molecule has 0 saturated heterocycles. The maximum absolute atomic E-state index is 13.4. The molecule has 0 radical (unpaired) electrons. The molecule has 124 valence electrons. The smallest absolute Gasteiger partial charge is 0.341 e. The van der Waals surface area contributed by atoms with Gasteiger partial charge in [-0.15, -0.1) is 0 Å². The molecule has 0 aliphatic heterocycles. The summed E-state index contributed by atoms with van der Waals surface area (Å²) in [7, 11) is 0. The van der Waals surface area contributed by atoms with Crippen LogP contribution in [0.2, 0.25) is 0 Å². The molecule has 0 unspecified atom stereocenters. The molecule has 0 heterocycles. The van der Waals surface area contributed by atoms with Crippen LogP contribution in [0.5, 0.6) is 0 Å². The minimum absolute atomic E-state index is 0.211. The lowest BCUT2D eigenvalue weighted by Crippen LogP contribution is -2.08. The van der Waals surface area contributed by atoms with Crippen LogP contribution in [0.3, 0.4) is 0 Å². The van der Waals surface area contributed by atoms with Crippen molar-refractivity contribution in [2.24, 2.45) is 0 Å². The van der Waals surface area contributed by atoms with Gasteiger partial charge in [-0.2, -0.15) is 0 Å². The largest absolute Gasteiger partial charge is 0.462 e. The molecule has 1 aromatic rings. The van der Waals surface area contributed by atoms with E-state index in [0.717, 1.165) is 31.4 Å². The van der Waals surface area contributed by atoms with Gasteiger partial charge >= 0.3 is 5.97 Å². The Bertz CT molecular complexity index is 447. The van der Waals surface area contributed by atoms with E-state index in [1.54, 1.807) is 0 Å². The van der Waals surface area contributed by atoms with E-state index in [4.69, 9.17) is 4.74 Å². The maximum Gasteiger partial charge on any atom is 0.341 e. The molecule has 22 heavy (non-hydrogen) atoms. The van der Waals surface area contributed by atoms with Crippen LogP contribution in [0.25, 0.3) is 0 Å². The second-order valence-electron chi connectivity index (χ2n) is 5.59. The van der Waals surface area contributed by atoms with Crippen LogP contribution in [0.15, 0.2) is 18.2 Å². The summed E-state index contributed by atoms with van der Waals surface area (Å²) in [6.45, 7) is 2.49. The fourth-order valence-corrected chi connectivity index (χ4v) is 2.31. The van der Waals surface area contributed by atoms with E-state index in [0.29, 0.717) is 6.07 Å². The molecule has 0 aromatic heterocycles. The zero-order valence-corrected chi connectivity index (χ0v) is 13.4. The Labute approximate surface area is 131 Å². The predicted molar refractivity (Wildman–Crippen MR) is 83.9 cm³/mol. The van der Waals surface area contributed by atoms with E-state index >= 15 is 0 Å². The van der Waals surface area contributed by atoms with Crippen LogP contribution in [0, 0.1) is 11.6 Å². The van der Waals surface area contributed by atoms with Gasteiger partial charge in [-0.1, -0.05) is 58.3 Å². The highest BCUT2D eigenvalue weighted by molar-refractivity contribution is 5.89. The minimum Gasteiger partial charge on any atom is -0.462 e. The molecule has 1 aromatic carbocycles. The van der Waals surface area contributed by atoms with Gasteiger partial charge in [-0.3, -0.25) is 0 Å². The van der Waals surface area contributed by atoms with Gasteiger partial charge in [0.15, 0.2) is 0 Å². The Kier molecular flexibility index (Phi) is 9.44. The minimum atomic E-state index is -0.878. The molecule has 4 heteroatoms. The van der Waals surface area contributed by atoms with Crippen LogP contribution >= 0.6 is 0 Å². The summed E-state index contributed by atoms with van der Waals surface area (Å²) in [5.74, 6) is -2.30. The lowest BCUT2D eigenvalue weighted by Gasteiger charge is -2.06. The highest BCUT2D eigenvalue weighted by atomic mass is 19.1. The molecular weight excluding hydrogens is 286 g/mol. The number of hydrogen-bond acceptors (Lipinski definition) is 2. The zero-order valence-electron chi connectivity index (χ0n) is 13.4. The van der Waals surface area contributed by atoms with Crippen molar-refractivity contribution in [3.05, 3.63) is 35.4 Å². The monoisotopic (exact) mass is 312 g/mol. The number of hydrogen-bond donors (Lipinski definition) is 0. The van der Waals surface area contributed by atoms with Crippen molar-refractivity contribution in [3.8, 4) is 0 Å². The average Bonchev–Trinajstić information content (AvgIpc) is 2.49. The topological polar surface area (TPSA) is 26.3 Å². The van der Waals surface area contributed by atoms with Crippen LogP contribution in [-0.2, 0) is 4.74 Å². The highest BCUT2D eigenvalue weighted by Gasteiger charge is 2.13. The van der Waals surface area contributed by atoms with Crippen LogP contribution in [-0.4, -0.2) is 12.6 Å². The van der Waals surface area contributed by atoms with E-state index in [-0.39, 0.29) is 12.2 Å². The van der Waals surface area contributed by atoms with Gasteiger partial charge in [0, 0.05) is 6.07 Å². The number of unbranched alkanes of at least 4 members (excludes halogenated alkanes) is 8. The number of carbonyl (C=O) groups is 1. The van der Waals surface area contributed by atoms with Crippen molar-refractivity contribution in [2.75, 3.05) is 6.61 Å². The van der Waals surface area contributed by atoms with Gasteiger partial charge in [0.1, 0.15) is 11.6 Å². The van der Waals surface area contributed by atoms with Crippen LogP contribution in [0.1, 0.15) is 75.1 Å². The van der Waals surface area contributed by atoms with E-state index in [2.05, 4.69) is 6.92 Å². The van der Waals surface area contributed by atoms with Crippen molar-refractivity contribution in [3.63, 3.8) is 0 Å². The maximum atomic E-state index is 13.4. The molecule has 0 bridgehead atoms. The number of esters is 1. The summed E-state index contributed by atoms with van der Waals surface area (Å²) in [6, 6.07) is 2.86. The molecule has 0 aliphatic carbocycles. The van der Waals surface area contributed by atoms with Gasteiger partial charge in [0.05, 0.1) is 12.2 Å². The van der Waals surface area contributed by atoms with Crippen LogP contribution < -0.4 is 0 Å². The molecule has 0 atom stereocenters. The molecular formula is C18H26F2O2. The summed E-state index contributed by atoms with van der Waals surface area (Å²) in [4.78, 5) is 11.6. The second kappa shape index (κ2) is 11.2. The third-order valence-electron chi connectivity index (χ3n) is 3.63. The van der Waals surface area contributed by atoms with Gasteiger partial charge < -0.3 is 4.74 Å². The lowest BCUT2D eigenvalue weighted by atomic mass is 10.1. The molecule has 0 amide bonds. The Morgan fingerprint density at radius 3 is 2.14 bits per heavy atom. The fourth-order valence-electron chi connectivity index (χ4n) is 2.31. The van der Waals surface area contributed by atoms with Crippen LogP contribution in [0.4, 0.5) is 8.78 Å². The van der Waals surface area contributed by atoms with E-state index in [1.165, 1.54) is 38.5 Å². The highest BCUT2D eigenvalue weighted by Crippen LogP contribution is 2.12. The van der Waals surface area contributed by atoms with E-state index < -0.39 is 17.6 Å². The number of halogens is 2. The average molecular weight is 312 g/mol. The van der Waals surface area contributed by atoms with E-state index in [1.807, 2.05) is 0 Å². The molecule has 0 aliphatic rings. The number of benzene rings is 1. The zero-order chi connectivity index (χ0) is 16.2. The molecule has 0 saturated carbocycles. The first-order valence-corrected chi connectivity index (χ1v) is 8.27. The first kappa shape index (κ1) is 18.6. The Morgan fingerprint density at radius 1 is 0.955 bits per heavy atom. The van der Waals surface area contributed by atoms with Gasteiger partial charge in [-0.25, -0.2) is 13.6 Å². The molecule has 0 fully saturated rings. The Hall–Kier alpha value is -1.45. The SMILES string of the molecule is CCCCCCCCCCCOC(=O)c1ccc(F)cc1F. The van der Waals surface area contributed by atoms with Gasteiger partial charge in [0.25, 0.3) is 0 Å². The second-order valence-corrected chi connectivity index (χ2v) is 5.59. The third-order valence-corrected chi connectivity index (χ3v) is 3.63. The first-order chi connectivity index (χ1) is 10.6. The number of ether oxygens (including phenoxy) is 1. The van der Waals surface area contributed by atoms with E-state index in [9.17, 15) is 13.6 Å². The molecule has 0 N–H and O–H groups in total. The number of carbonyl (C=O) groups excluding carboxylic acids is 1. The Morgan fingerprint density at radius 2 is 1.55 bits per heavy atom. The molecule has 2 nitrogen and oxygen atoms in total. The molecule has 0 spiro atoms. The standard InChI is InChI=1S/C18H26F2O2/c1-2-3-4-5-6-7-8-9-10-13-22-18(21)16-12-11-15(19)14-17(16)20/h11-12,14H,2-10,13H2,1H3. The molecule has 1 rings (SSSR count). The normalized spacial score (nSPS) is 10.7. The van der Waals surface area contributed by atoms with Crippen molar-refractivity contribution in [1.29, 1.82) is 0 Å². The summed E-state index contributed by atoms with van der Waals surface area (Å²) in [5, 5.41) is 0. The summed E-state index contributed by atoms with van der Waals surface area (Å²) < 4.78 is 31.1. The quantitative estimate of drug-likeness (QED) is 0.390. The Balaban J connectivity index is 2.06. The lowest BCUT2D eigenvalue weighted by molar-refractivity contribution is 0.0492. The third kappa shape index (κ3) is 7.53. The predicted octanol–water partition coefficient (Wildman–Crippen LogP) is 5.65. The van der Waals surface area contributed by atoms with Crippen molar-refractivity contribution >= 4 is 5.97 Å². The fraction of sp³-hybridized carbons (Fsp3) is 0.611. The summed E-state index contributed by atoms with van der Waals surface area (Å²) in [6.07, 6.45) is 10.6.